The number of hydrogen-bond acceptors (Lipinski definition) is 2. The van der Waals surface area contributed by atoms with Gasteiger partial charge in [0.25, 0.3) is 0 Å². The molecule has 2 heteroatoms. The zero-order chi connectivity index (χ0) is 13.2. The van der Waals surface area contributed by atoms with Gasteiger partial charge in [0, 0.05) is 23.5 Å². The molecule has 0 amide bonds. The molecule has 1 aliphatic heterocycles. The molecule has 0 spiro atoms. The largest absolute Gasteiger partial charge is 0.497 e. The van der Waals surface area contributed by atoms with Gasteiger partial charge in [-0.05, 0) is 42.8 Å². The van der Waals surface area contributed by atoms with E-state index in [1.807, 2.05) is 12.1 Å². The molecule has 0 atom stereocenters. The lowest BCUT2D eigenvalue weighted by Gasteiger charge is -2.30. The van der Waals surface area contributed by atoms with Crippen molar-refractivity contribution in [1.82, 2.24) is 0 Å². The van der Waals surface area contributed by atoms with Gasteiger partial charge in [-0.1, -0.05) is 24.3 Å². The SMILES string of the molecule is COc1ccc(N2CC=C(C)c3ccccc32)cc1. The van der Waals surface area contributed by atoms with Crippen molar-refractivity contribution in [3.63, 3.8) is 0 Å². The Hall–Kier alpha value is -2.22. The van der Waals surface area contributed by atoms with Gasteiger partial charge >= 0.3 is 0 Å². The van der Waals surface area contributed by atoms with Gasteiger partial charge in [0.2, 0.25) is 0 Å². The summed E-state index contributed by atoms with van der Waals surface area (Å²) in [4.78, 5) is 2.32. The van der Waals surface area contributed by atoms with Crippen LogP contribution in [0.1, 0.15) is 12.5 Å². The topological polar surface area (TPSA) is 12.5 Å². The maximum atomic E-state index is 5.21. The number of methoxy groups -OCH3 is 1. The first-order chi connectivity index (χ1) is 9.29. The Kier molecular flexibility index (Phi) is 3.00. The molecule has 0 fully saturated rings. The summed E-state index contributed by atoms with van der Waals surface area (Å²) in [6.07, 6.45) is 2.27. The Morgan fingerprint density at radius 3 is 2.47 bits per heavy atom. The van der Waals surface area contributed by atoms with Crippen molar-refractivity contribution in [2.45, 2.75) is 6.92 Å². The van der Waals surface area contributed by atoms with Crippen molar-refractivity contribution in [1.29, 1.82) is 0 Å². The van der Waals surface area contributed by atoms with Gasteiger partial charge in [0.1, 0.15) is 5.75 Å². The van der Waals surface area contributed by atoms with E-state index in [0.717, 1.165) is 12.3 Å². The van der Waals surface area contributed by atoms with Gasteiger partial charge in [-0.3, -0.25) is 0 Å². The van der Waals surface area contributed by atoms with Crippen molar-refractivity contribution in [3.05, 3.63) is 60.2 Å². The molecule has 2 nitrogen and oxygen atoms in total. The van der Waals surface area contributed by atoms with Crippen molar-refractivity contribution < 1.29 is 4.74 Å². The lowest BCUT2D eigenvalue weighted by atomic mass is 10.00. The van der Waals surface area contributed by atoms with Crippen LogP contribution in [0.5, 0.6) is 5.75 Å². The molecule has 0 saturated heterocycles. The Balaban J connectivity index is 2.02. The van der Waals surface area contributed by atoms with Crippen LogP contribution in [0.15, 0.2) is 54.6 Å². The molecule has 3 rings (SSSR count). The average molecular weight is 251 g/mol. The summed E-state index contributed by atoms with van der Waals surface area (Å²) >= 11 is 0. The average Bonchev–Trinajstić information content (AvgIpc) is 2.48. The summed E-state index contributed by atoms with van der Waals surface area (Å²) < 4.78 is 5.21. The first-order valence-corrected chi connectivity index (χ1v) is 6.47. The molecule has 1 heterocycles. The van der Waals surface area contributed by atoms with Crippen LogP contribution in [0, 0.1) is 0 Å². The first-order valence-electron chi connectivity index (χ1n) is 6.47. The van der Waals surface area contributed by atoms with Gasteiger partial charge in [0.05, 0.1) is 7.11 Å². The number of anilines is 2. The molecule has 2 aromatic carbocycles. The zero-order valence-corrected chi connectivity index (χ0v) is 11.3. The molecule has 0 aliphatic carbocycles. The van der Waals surface area contributed by atoms with Crippen molar-refractivity contribution in [3.8, 4) is 5.75 Å². The standard InChI is InChI=1S/C17H17NO/c1-13-11-12-18(17-6-4-3-5-16(13)17)14-7-9-15(19-2)10-8-14/h3-11H,12H2,1-2H3. The highest BCUT2D eigenvalue weighted by Crippen LogP contribution is 2.36. The second-order valence-corrected chi connectivity index (χ2v) is 4.71. The van der Waals surface area contributed by atoms with Crippen LogP contribution in [0.3, 0.4) is 0 Å². The third-order valence-corrected chi connectivity index (χ3v) is 3.58. The predicted octanol–water partition coefficient (Wildman–Crippen LogP) is 4.25. The highest BCUT2D eigenvalue weighted by atomic mass is 16.5. The number of allylic oxidation sites excluding steroid dienone is 1. The van der Waals surface area contributed by atoms with Crippen molar-refractivity contribution in [2.75, 3.05) is 18.6 Å². The van der Waals surface area contributed by atoms with Crippen LogP contribution < -0.4 is 9.64 Å². The second-order valence-electron chi connectivity index (χ2n) is 4.71. The molecule has 0 bridgehead atoms. The minimum absolute atomic E-state index is 0.890. The molecule has 0 radical (unpaired) electrons. The highest BCUT2D eigenvalue weighted by molar-refractivity contribution is 5.83. The number of rotatable bonds is 2. The summed E-state index contributed by atoms with van der Waals surface area (Å²) in [6.45, 7) is 3.08. The summed E-state index contributed by atoms with van der Waals surface area (Å²) in [7, 11) is 1.69. The summed E-state index contributed by atoms with van der Waals surface area (Å²) in [5.74, 6) is 0.890. The Bertz CT molecular complexity index is 613. The highest BCUT2D eigenvalue weighted by Gasteiger charge is 2.17. The van der Waals surface area contributed by atoms with E-state index in [1.165, 1.54) is 22.5 Å². The normalized spacial score (nSPS) is 13.8. The van der Waals surface area contributed by atoms with E-state index in [1.54, 1.807) is 7.11 Å². The smallest absolute Gasteiger partial charge is 0.119 e. The number of ether oxygens (including phenoxy) is 1. The quantitative estimate of drug-likeness (QED) is 0.791. The maximum absolute atomic E-state index is 5.21. The summed E-state index contributed by atoms with van der Waals surface area (Å²) in [5.41, 5.74) is 5.12. The molecule has 0 saturated carbocycles. The molecule has 0 aromatic heterocycles. The van der Waals surface area contributed by atoms with Gasteiger partial charge in [0.15, 0.2) is 0 Å². The van der Waals surface area contributed by atoms with Gasteiger partial charge in [-0.15, -0.1) is 0 Å². The fourth-order valence-corrected chi connectivity index (χ4v) is 2.49. The van der Waals surface area contributed by atoms with Crippen LogP contribution in [0.4, 0.5) is 11.4 Å². The van der Waals surface area contributed by atoms with E-state index >= 15 is 0 Å². The van der Waals surface area contributed by atoms with Crippen LogP contribution >= 0.6 is 0 Å². The van der Waals surface area contributed by atoms with E-state index in [-0.39, 0.29) is 0 Å². The van der Waals surface area contributed by atoms with E-state index < -0.39 is 0 Å². The third-order valence-electron chi connectivity index (χ3n) is 3.58. The second kappa shape index (κ2) is 4.81. The van der Waals surface area contributed by atoms with Crippen LogP contribution in [-0.2, 0) is 0 Å². The maximum Gasteiger partial charge on any atom is 0.119 e. The third kappa shape index (κ3) is 2.10. The van der Waals surface area contributed by atoms with E-state index in [0.29, 0.717) is 0 Å². The predicted molar refractivity (Wildman–Crippen MR) is 80.1 cm³/mol. The number of para-hydroxylation sites is 1. The molecule has 19 heavy (non-hydrogen) atoms. The summed E-state index contributed by atoms with van der Waals surface area (Å²) in [6, 6.07) is 16.7. The first kappa shape index (κ1) is 11.8. The number of benzene rings is 2. The van der Waals surface area contributed by atoms with Crippen molar-refractivity contribution >= 4 is 16.9 Å². The lowest BCUT2D eigenvalue weighted by Crippen LogP contribution is -2.21. The van der Waals surface area contributed by atoms with Crippen LogP contribution in [-0.4, -0.2) is 13.7 Å². The minimum Gasteiger partial charge on any atom is -0.497 e. The fraction of sp³-hybridized carbons (Fsp3) is 0.176. The Morgan fingerprint density at radius 1 is 1.00 bits per heavy atom. The monoisotopic (exact) mass is 251 g/mol. The molecular weight excluding hydrogens is 234 g/mol. The fourth-order valence-electron chi connectivity index (χ4n) is 2.49. The van der Waals surface area contributed by atoms with E-state index in [9.17, 15) is 0 Å². The molecule has 2 aromatic rings. The number of nitrogens with zero attached hydrogens (tertiary/aromatic N) is 1. The molecule has 1 aliphatic rings. The van der Waals surface area contributed by atoms with Gasteiger partial charge in [-0.2, -0.15) is 0 Å². The summed E-state index contributed by atoms with van der Waals surface area (Å²) in [5, 5.41) is 0. The number of fused-ring (bicyclic) bond motifs is 1. The van der Waals surface area contributed by atoms with E-state index in [2.05, 4.69) is 54.3 Å². The van der Waals surface area contributed by atoms with Gasteiger partial charge in [-0.25, -0.2) is 0 Å². The van der Waals surface area contributed by atoms with Gasteiger partial charge < -0.3 is 9.64 Å². The van der Waals surface area contributed by atoms with E-state index in [4.69, 9.17) is 4.74 Å². The van der Waals surface area contributed by atoms with Crippen molar-refractivity contribution in [2.24, 2.45) is 0 Å². The lowest BCUT2D eigenvalue weighted by molar-refractivity contribution is 0.415. The van der Waals surface area contributed by atoms with Crippen LogP contribution in [0.2, 0.25) is 0 Å². The minimum atomic E-state index is 0.890. The number of hydrogen-bond donors (Lipinski definition) is 0. The van der Waals surface area contributed by atoms with Crippen LogP contribution in [0.25, 0.3) is 5.57 Å². The zero-order valence-electron chi connectivity index (χ0n) is 11.3. The molecular formula is C17H17NO. The molecule has 0 N–H and O–H groups in total. The molecule has 0 unspecified atom stereocenters. The molecule has 96 valence electrons. The Morgan fingerprint density at radius 2 is 1.74 bits per heavy atom. The Labute approximate surface area is 113 Å².